The van der Waals surface area contributed by atoms with E-state index in [-0.39, 0.29) is 23.9 Å². The minimum absolute atomic E-state index is 0.0338. The molecule has 0 aliphatic carbocycles. The van der Waals surface area contributed by atoms with Crippen molar-refractivity contribution < 1.29 is 18.3 Å². The summed E-state index contributed by atoms with van der Waals surface area (Å²) in [7, 11) is 0. The number of amides is 2. The minimum atomic E-state index is -0.680. The van der Waals surface area contributed by atoms with Crippen LogP contribution in [0.25, 0.3) is 11.3 Å². The number of carbonyl (C=O) groups is 1. The molecule has 2 amide bonds. The van der Waals surface area contributed by atoms with Gasteiger partial charge in [0.05, 0.1) is 6.20 Å². The Hall–Kier alpha value is -3.42. The number of aromatic nitrogens is 2. The third-order valence-electron chi connectivity index (χ3n) is 3.42. The molecule has 3 rings (SSSR count). The van der Waals surface area contributed by atoms with Crippen molar-refractivity contribution in [1.82, 2.24) is 15.5 Å². The molecule has 0 saturated carbocycles. The van der Waals surface area contributed by atoms with Crippen LogP contribution in [0.3, 0.4) is 0 Å². The summed E-state index contributed by atoms with van der Waals surface area (Å²) in [4.78, 5) is 10.8. The van der Waals surface area contributed by atoms with E-state index in [2.05, 4.69) is 15.5 Å². The molecule has 4 N–H and O–H groups in total. The van der Waals surface area contributed by atoms with Crippen molar-refractivity contribution in [3.8, 4) is 22.8 Å². The van der Waals surface area contributed by atoms with E-state index in [4.69, 9.17) is 10.5 Å². The Morgan fingerprint density at radius 3 is 2.64 bits per heavy atom. The van der Waals surface area contributed by atoms with Gasteiger partial charge in [0, 0.05) is 12.1 Å². The number of ether oxygens (including phenoxy) is 1. The van der Waals surface area contributed by atoms with Crippen molar-refractivity contribution >= 4 is 6.03 Å². The Morgan fingerprint density at radius 2 is 1.92 bits per heavy atom. The zero-order valence-corrected chi connectivity index (χ0v) is 12.9. The molecule has 0 saturated heterocycles. The number of H-pyrrole nitrogens is 1. The lowest BCUT2D eigenvalue weighted by Crippen LogP contribution is -2.28. The van der Waals surface area contributed by atoms with E-state index in [1.807, 2.05) is 0 Å². The topological polar surface area (TPSA) is 93.0 Å². The lowest BCUT2D eigenvalue weighted by atomic mass is 10.1. The number of hydrogen-bond donors (Lipinski definition) is 3. The van der Waals surface area contributed by atoms with Gasteiger partial charge in [0.1, 0.15) is 11.5 Å². The molecule has 0 aliphatic rings. The summed E-state index contributed by atoms with van der Waals surface area (Å²) in [6.07, 6.45) is 1.40. The molecular weight excluding hydrogens is 330 g/mol. The van der Waals surface area contributed by atoms with Gasteiger partial charge in [0.2, 0.25) is 0 Å². The summed E-state index contributed by atoms with van der Waals surface area (Å²) >= 11 is 0. The van der Waals surface area contributed by atoms with Gasteiger partial charge in [-0.15, -0.1) is 0 Å². The van der Waals surface area contributed by atoms with E-state index >= 15 is 0 Å². The Bertz CT molecular complexity index is 894. The van der Waals surface area contributed by atoms with Crippen molar-refractivity contribution in [2.24, 2.45) is 5.73 Å². The highest BCUT2D eigenvalue weighted by Gasteiger charge is 2.13. The summed E-state index contributed by atoms with van der Waals surface area (Å²) in [5.74, 6) is -0.695. The van der Waals surface area contributed by atoms with Crippen LogP contribution in [-0.4, -0.2) is 16.2 Å². The summed E-state index contributed by atoms with van der Waals surface area (Å²) < 4.78 is 32.7. The molecule has 0 unspecified atom stereocenters. The molecule has 0 radical (unpaired) electrons. The summed E-state index contributed by atoms with van der Waals surface area (Å²) in [6.45, 7) is 0.141. The maximum atomic E-state index is 14.0. The number of halogens is 2. The average molecular weight is 344 g/mol. The zero-order chi connectivity index (χ0) is 17.8. The number of primary amides is 1. The number of rotatable bonds is 5. The first-order chi connectivity index (χ1) is 12.0. The van der Waals surface area contributed by atoms with Crippen LogP contribution in [0.1, 0.15) is 5.56 Å². The highest BCUT2D eigenvalue weighted by Crippen LogP contribution is 2.33. The molecule has 128 valence electrons. The van der Waals surface area contributed by atoms with Gasteiger partial charge in [-0.1, -0.05) is 6.07 Å². The predicted molar refractivity (Wildman–Crippen MR) is 86.9 cm³/mol. The largest absolute Gasteiger partial charge is 0.450 e. The Kier molecular flexibility index (Phi) is 4.60. The van der Waals surface area contributed by atoms with Gasteiger partial charge >= 0.3 is 6.03 Å². The zero-order valence-electron chi connectivity index (χ0n) is 12.9. The normalized spacial score (nSPS) is 10.5. The summed E-state index contributed by atoms with van der Waals surface area (Å²) in [5, 5.41) is 9.05. The fourth-order valence-electron chi connectivity index (χ4n) is 2.22. The number of nitrogens with one attached hydrogen (secondary N) is 2. The molecule has 8 heteroatoms. The quantitative estimate of drug-likeness (QED) is 0.663. The smallest absolute Gasteiger partial charge is 0.312 e. The molecule has 2 aromatic carbocycles. The van der Waals surface area contributed by atoms with Crippen LogP contribution in [0.5, 0.6) is 11.5 Å². The van der Waals surface area contributed by atoms with Crippen molar-refractivity contribution in [2.45, 2.75) is 6.54 Å². The number of urea groups is 1. The van der Waals surface area contributed by atoms with Crippen LogP contribution in [0.15, 0.2) is 48.7 Å². The van der Waals surface area contributed by atoms with E-state index in [0.29, 0.717) is 16.8 Å². The van der Waals surface area contributed by atoms with E-state index in [9.17, 15) is 13.6 Å². The maximum absolute atomic E-state index is 14.0. The fraction of sp³-hybridized carbons (Fsp3) is 0.0588. The second-order valence-electron chi connectivity index (χ2n) is 5.20. The van der Waals surface area contributed by atoms with Gasteiger partial charge in [0.15, 0.2) is 17.3 Å². The molecule has 6 nitrogen and oxygen atoms in total. The van der Waals surface area contributed by atoms with E-state index in [1.54, 1.807) is 12.1 Å². The van der Waals surface area contributed by atoms with Crippen LogP contribution in [0.2, 0.25) is 0 Å². The Morgan fingerprint density at radius 1 is 1.16 bits per heavy atom. The molecule has 1 aromatic heterocycles. The van der Waals surface area contributed by atoms with Gasteiger partial charge in [-0.3, -0.25) is 5.10 Å². The SMILES string of the molecule is NC(=O)NCc1ccc(F)c(Oc2cn[nH]c2-c2ccc(F)cc2)c1. The molecule has 0 bridgehead atoms. The fourth-order valence-corrected chi connectivity index (χ4v) is 2.22. The van der Waals surface area contributed by atoms with Gasteiger partial charge in [-0.25, -0.2) is 13.6 Å². The van der Waals surface area contributed by atoms with E-state index < -0.39 is 11.8 Å². The second kappa shape index (κ2) is 7.00. The lowest BCUT2D eigenvalue weighted by Gasteiger charge is -2.09. The molecule has 0 fully saturated rings. The first kappa shape index (κ1) is 16.4. The van der Waals surface area contributed by atoms with Crippen LogP contribution in [0, 0.1) is 11.6 Å². The monoisotopic (exact) mass is 344 g/mol. The van der Waals surface area contributed by atoms with Crippen LogP contribution < -0.4 is 15.8 Å². The van der Waals surface area contributed by atoms with Crippen LogP contribution >= 0.6 is 0 Å². The van der Waals surface area contributed by atoms with Crippen molar-refractivity contribution in [3.05, 3.63) is 65.9 Å². The third-order valence-corrected chi connectivity index (χ3v) is 3.42. The molecular formula is C17H14F2N4O2. The molecule has 1 heterocycles. The standard InChI is InChI=1S/C17H14F2N4O2/c18-12-4-2-11(3-5-12)16-15(9-22-23-16)25-14-7-10(1-6-13(14)19)8-21-17(20)24/h1-7,9H,8H2,(H,22,23)(H3,20,21,24). The molecule has 0 spiro atoms. The number of nitrogens with two attached hydrogens (primary N) is 1. The molecule has 25 heavy (non-hydrogen) atoms. The summed E-state index contributed by atoms with van der Waals surface area (Å²) in [5.41, 5.74) is 6.76. The Balaban J connectivity index is 1.85. The number of benzene rings is 2. The minimum Gasteiger partial charge on any atom is -0.450 e. The van der Waals surface area contributed by atoms with Gasteiger partial charge in [0.25, 0.3) is 0 Å². The first-order valence-corrected chi connectivity index (χ1v) is 7.32. The van der Waals surface area contributed by atoms with Crippen LogP contribution in [-0.2, 0) is 6.54 Å². The van der Waals surface area contributed by atoms with Gasteiger partial charge in [-0.2, -0.15) is 5.10 Å². The van der Waals surface area contributed by atoms with Crippen molar-refractivity contribution in [2.75, 3.05) is 0 Å². The maximum Gasteiger partial charge on any atom is 0.312 e. The number of aromatic amines is 1. The molecule has 0 atom stereocenters. The van der Waals surface area contributed by atoms with Crippen molar-refractivity contribution in [3.63, 3.8) is 0 Å². The number of carbonyl (C=O) groups excluding carboxylic acids is 1. The second-order valence-corrected chi connectivity index (χ2v) is 5.20. The van der Waals surface area contributed by atoms with Crippen LogP contribution in [0.4, 0.5) is 13.6 Å². The predicted octanol–water partition coefficient (Wildman–Crippen LogP) is 3.32. The van der Waals surface area contributed by atoms with E-state index in [0.717, 1.165) is 0 Å². The lowest BCUT2D eigenvalue weighted by molar-refractivity contribution is 0.248. The third kappa shape index (κ3) is 3.92. The highest BCUT2D eigenvalue weighted by atomic mass is 19.1. The average Bonchev–Trinajstić information content (AvgIpc) is 3.04. The number of hydrogen-bond acceptors (Lipinski definition) is 3. The van der Waals surface area contributed by atoms with Crippen molar-refractivity contribution in [1.29, 1.82) is 0 Å². The summed E-state index contributed by atoms with van der Waals surface area (Å²) in [6, 6.07) is 9.22. The molecule has 3 aromatic rings. The molecule has 0 aliphatic heterocycles. The van der Waals surface area contributed by atoms with E-state index in [1.165, 1.54) is 36.5 Å². The van der Waals surface area contributed by atoms with Gasteiger partial charge < -0.3 is 15.8 Å². The first-order valence-electron chi connectivity index (χ1n) is 7.32. The van der Waals surface area contributed by atoms with Gasteiger partial charge in [-0.05, 0) is 42.0 Å². The number of nitrogens with zero attached hydrogens (tertiary/aromatic N) is 1. The Labute approximate surface area is 141 Å². The highest BCUT2D eigenvalue weighted by molar-refractivity contribution is 5.71.